The smallest absolute Gasteiger partial charge is 0.296 e. The summed E-state index contributed by atoms with van der Waals surface area (Å²) in [7, 11) is 0. The maximum atomic E-state index is 12.5. The fourth-order valence-electron chi connectivity index (χ4n) is 2.75. The Balaban J connectivity index is 1.64. The number of hydrogen-bond acceptors (Lipinski definition) is 4. The summed E-state index contributed by atoms with van der Waals surface area (Å²) in [5, 5.41) is 13.6. The molecule has 0 atom stereocenters. The van der Waals surface area contributed by atoms with E-state index < -0.39 is 5.91 Å². The van der Waals surface area contributed by atoms with Gasteiger partial charge < -0.3 is 5.32 Å². The summed E-state index contributed by atoms with van der Waals surface area (Å²) in [6, 6.07) is 18.3. The van der Waals surface area contributed by atoms with Gasteiger partial charge in [-0.15, -0.1) is 0 Å². The average molecular weight is 389 g/mol. The number of carbonyl (C=O) groups excluding carboxylic acids is 2. The first kappa shape index (κ1) is 20.2. The van der Waals surface area contributed by atoms with Crippen LogP contribution in [0.1, 0.15) is 43.1 Å². The first-order valence-electron chi connectivity index (χ1n) is 9.28. The minimum Gasteiger partial charge on any atom is -0.348 e. The van der Waals surface area contributed by atoms with Crippen LogP contribution in [0.5, 0.6) is 0 Å². The summed E-state index contributed by atoms with van der Waals surface area (Å²) in [5.41, 5.74) is 4.32. The van der Waals surface area contributed by atoms with Crippen LogP contribution in [0.3, 0.4) is 0 Å². The Morgan fingerprint density at radius 3 is 2.14 bits per heavy atom. The Morgan fingerprint density at radius 1 is 0.931 bits per heavy atom. The second kappa shape index (κ2) is 9.12. The number of benzene rings is 2. The molecule has 1 aromatic heterocycles. The number of hydroxylamine groups is 2. The lowest BCUT2D eigenvalue weighted by atomic mass is 10.1. The minimum atomic E-state index is -0.668. The highest BCUT2D eigenvalue weighted by Gasteiger charge is 2.17. The van der Waals surface area contributed by atoms with Gasteiger partial charge in [-0.2, -0.15) is 0 Å². The van der Waals surface area contributed by atoms with Gasteiger partial charge in [0.05, 0.1) is 6.54 Å². The summed E-state index contributed by atoms with van der Waals surface area (Å²) in [6.45, 7) is 4.38. The zero-order valence-corrected chi connectivity index (χ0v) is 16.4. The molecule has 2 N–H and O–H groups in total. The maximum Gasteiger partial charge on any atom is 0.296 e. The van der Waals surface area contributed by atoms with Crippen molar-refractivity contribution in [2.24, 2.45) is 0 Å². The van der Waals surface area contributed by atoms with Gasteiger partial charge in [0.15, 0.2) is 0 Å². The molecule has 0 fully saturated rings. The highest BCUT2D eigenvalue weighted by molar-refractivity contribution is 5.98. The molecule has 0 spiro atoms. The lowest BCUT2D eigenvalue weighted by molar-refractivity contribution is -0.0652. The average Bonchev–Trinajstić information content (AvgIpc) is 2.74. The Bertz CT molecular complexity index is 999. The molecule has 1 heterocycles. The van der Waals surface area contributed by atoms with Crippen molar-refractivity contribution in [2.45, 2.75) is 26.9 Å². The van der Waals surface area contributed by atoms with Crippen molar-refractivity contribution in [1.29, 1.82) is 0 Å². The van der Waals surface area contributed by atoms with Crippen LogP contribution in [0.15, 0.2) is 66.9 Å². The summed E-state index contributed by atoms with van der Waals surface area (Å²) in [6.07, 6.45) is 1.38. The lowest BCUT2D eigenvalue weighted by Gasteiger charge is -2.15. The number of aryl methyl sites for hydroxylation is 2. The standard InChI is InChI=1S/C23H23N3O3/c1-16-3-7-18(8-4-16)14-25-22(27)20-11-12-24-21(13-20)23(28)26(29)15-19-9-5-17(2)6-10-19/h3-13,29H,14-15H2,1-2H3,(H,25,27). The van der Waals surface area contributed by atoms with Crippen molar-refractivity contribution in [3.63, 3.8) is 0 Å². The van der Waals surface area contributed by atoms with Crippen LogP contribution in [0.2, 0.25) is 0 Å². The van der Waals surface area contributed by atoms with E-state index in [0.29, 0.717) is 17.2 Å². The normalized spacial score (nSPS) is 10.4. The Kier molecular flexibility index (Phi) is 6.36. The van der Waals surface area contributed by atoms with Gasteiger partial charge in [0.1, 0.15) is 5.69 Å². The predicted molar refractivity (Wildman–Crippen MR) is 109 cm³/mol. The van der Waals surface area contributed by atoms with E-state index >= 15 is 0 Å². The molecule has 0 bridgehead atoms. The van der Waals surface area contributed by atoms with E-state index in [1.165, 1.54) is 18.3 Å². The van der Waals surface area contributed by atoms with Crippen molar-refractivity contribution in [3.8, 4) is 0 Å². The van der Waals surface area contributed by atoms with E-state index in [4.69, 9.17) is 0 Å². The number of hydrogen-bond donors (Lipinski definition) is 2. The monoisotopic (exact) mass is 389 g/mol. The molecule has 3 aromatic rings. The third-order valence-electron chi connectivity index (χ3n) is 4.50. The molecule has 0 aliphatic carbocycles. The summed E-state index contributed by atoms with van der Waals surface area (Å²) < 4.78 is 0. The van der Waals surface area contributed by atoms with Gasteiger partial charge in [0.2, 0.25) is 0 Å². The van der Waals surface area contributed by atoms with Crippen LogP contribution in [0, 0.1) is 13.8 Å². The van der Waals surface area contributed by atoms with Crippen molar-refractivity contribution in [2.75, 3.05) is 0 Å². The topological polar surface area (TPSA) is 82.5 Å². The molecule has 6 heteroatoms. The number of carbonyl (C=O) groups is 2. The number of pyridine rings is 1. The number of nitrogens with zero attached hydrogens (tertiary/aromatic N) is 2. The van der Waals surface area contributed by atoms with Crippen molar-refractivity contribution >= 4 is 11.8 Å². The van der Waals surface area contributed by atoms with Gasteiger partial charge >= 0.3 is 0 Å². The van der Waals surface area contributed by atoms with E-state index in [0.717, 1.165) is 22.3 Å². The first-order chi connectivity index (χ1) is 13.9. The molecule has 29 heavy (non-hydrogen) atoms. The molecular formula is C23H23N3O3. The van der Waals surface area contributed by atoms with E-state index in [1.807, 2.05) is 62.4 Å². The summed E-state index contributed by atoms with van der Waals surface area (Å²) >= 11 is 0. The van der Waals surface area contributed by atoms with E-state index in [-0.39, 0.29) is 18.1 Å². The second-order valence-corrected chi connectivity index (χ2v) is 6.95. The molecule has 0 radical (unpaired) electrons. The van der Waals surface area contributed by atoms with Crippen molar-refractivity contribution < 1.29 is 14.8 Å². The van der Waals surface area contributed by atoms with E-state index in [1.54, 1.807) is 0 Å². The molecule has 0 aliphatic rings. The molecule has 6 nitrogen and oxygen atoms in total. The first-order valence-corrected chi connectivity index (χ1v) is 9.28. The van der Waals surface area contributed by atoms with Crippen LogP contribution in [0.25, 0.3) is 0 Å². The van der Waals surface area contributed by atoms with Gasteiger partial charge in [0.25, 0.3) is 11.8 Å². The molecule has 2 amide bonds. The largest absolute Gasteiger partial charge is 0.348 e. The number of rotatable bonds is 6. The zero-order chi connectivity index (χ0) is 20.8. The van der Waals surface area contributed by atoms with Crippen LogP contribution >= 0.6 is 0 Å². The Labute approximate surface area is 169 Å². The highest BCUT2D eigenvalue weighted by Crippen LogP contribution is 2.10. The van der Waals surface area contributed by atoms with Gasteiger partial charge in [-0.3, -0.25) is 19.8 Å². The Hall–Kier alpha value is -3.51. The Morgan fingerprint density at radius 2 is 1.52 bits per heavy atom. The molecule has 3 rings (SSSR count). The van der Waals surface area contributed by atoms with Crippen LogP contribution in [-0.2, 0) is 13.1 Å². The molecular weight excluding hydrogens is 366 g/mol. The van der Waals surface area contributed by atoms with Crippen LogP contribution in [0.4, 0.5) is 0 Å². The minimum absolute atomic E-state index is 0.00241. The molecule has 2 aromatic carbocycles. The van der Waals surface area contributed by atoms with Crippen LogP contribution < -0.4 is 5.32 Å². The third kappa shape index (κ3) is 5.49. The summed E-state index contributed by atoms with van der Waals surface area (Å²) in [4.78, 5) is 28.9. The SMILES string of the molecule is Cc1ccc(CNC(=O)c2ccnc(C(=O)N(O)Cc3ccc(C)cc3)c2)cc1. The second-order valence-electron chi connectivity index (χ2n) is 6.95. The van der Waals surface area contributed by atoms with Gasteiger partial charge in [-0.1, -0.05) is 59.7 Å². The molecule has 0 saturated heterocycles. The fourth-order valence-corrected chi connectivity index (χ4v) is 2.75. The highest BCUT2D eigenvalue weighted by atomic mass is 16.5. The van der Waals surface area contributed by atoms with E-state index in [9.17, 15) is 14.8 Å². The van der Waals surface area contributed by atoms with Crippen molar-refractivity contribution in [1.82, 2.24) is 15.4 Å². The van der Waals surface area contributed by atoms with Gasteiger partial charge in [-0.25, -0.2) is 5.06 Å². The molecule has 148 valence electrons. The molecule has 0 aliphatic heterocycles. The number of nitrogens with one attached hydrogen (secondary N) is 1. The summed E-state index contributed by atoms with van der Waals surface area (Å²) in [5.74, 6) is -0.983. The lowest BCUT2D eigenvalue weighted by Crippen LogP contribution is -2.28. The molecule has 0 unspecified atom stereocenters. The van der Waals surface area contributed by atoms with Crippen molar-refractivity contribution in [3.05, 3.63) is 100 Å². The zero-order valence-electron chi connectivity index (χ0n) is 16.4. The van der Waals surface area contributed by atoms with E-state index in [2.05, 4.69) is 10.3 Å². The predicted octanol–water partition coefficient (Wildman–Crippen LogP) is 3.66. The van der Waals surface area contributed by atoms with Gasteiger partial charge in [0, 0.05) is 18.3 Å². The quantitative estimate of drug-likeness (QED) is 0.498. The number of amides is 2. The molecule has 0 saturated carbocycles. The fraction of sp³-hybridized carbons (Fsp3) is 0.174. The van der Waals surface area contributed by atoms with Crippen LogP contribution in [-0.4, -0.2) is 27.1 Å². The maximum absolute atomic E-state index is 12.5. The third-order valence-corrected chi connectivity index (χ3v) is 4.50. The van der Waals surface area contributed by atoms with Gasteiger partial charge in [-0.05, 0) is 37.1 Å². The number of aromatic nitrogens is 1.